The molecule has 0 amide bonds. The molecule has 2 N–H and O–H groups in total. The van der Waals surface area contributed by atoms with Crippen molar-refractivity contribution in [2.24, 2.45) is 5.41 Å². The lowest BCUT2D eigenvalue weighted by Crippen LogP contribution is -2.55. The van der Waals surface area contributed by atoms with Crippen LogP contribution >= 0.6 is 11.8 Å². The maximum atomic E-state index is 11.0. The van der Waals surface area contributed by atoms with Crippen LogP contribution < -0.4 is 5.32 Å². The van der Waals surface area contributed by atoms with Gasteiger partial charge in [-0.3, -0.25) is 10.1 Å². The zero-order valence-corrected chi connectivity index (χ0v) is 9.61. The number of thioether (sulfide) groups is 1. The second kappa shape index (κ2) is 3.14. The summed E-state index contributed by atoms with van der Waals surface area (Å²) in [6, 6.07) is -0.314. The first-order chi connectivity index (χ1) is 7.18. The Kier molecular flexibility index (Phi) is 2.09. The summed E-state index contributed by atoms with van der Waals surface area (Å²) < 4.78 is 0. The Labute approximate surface area is 94.0 Å². The van der Waals surface area contributed by atoms with E-state index in [2.05, 4.69) is 5.32 Å². The highest BCUT2D eigenvalue weighted by Crippen LogP contribution is 2.64. The molecule has 3 fully saturated rings. The van der Waals surface area contributed by atoms with E-state index in [4.69, 9.17) is 5.11 Å². The number of carboxylic acid groups (broad SMARTS) is 1. The molecule has 1 saturated heterocycles. The van der Waals surface area contributed by atoms with Gasteiger partial charge in [0.05, 0.1) is 4.87 Å². The van der Waals surface area contributed by atoms with E-state index in [1.54, 1.807) is 0 Å². The summed E-state index contributed by atoms with van der Waals surface area (Å²) in [5.41, 5.74) is 0.446. The summed E-state index contributed by atoms with van der Waals surface area (Å²) in [6.07, 6.45) is 7.69. The molecule has 1 heterocycles. The Bertz CT molecular complexity index is 303. The molecule has 2 saturated carbocycles. The van der Waals surface area contributed by atoms with E-state index >= 15 is 0 Å². The molecule has 2 unspecified atom stereocenters. The van der Waals surface area contributed by atoms with Gasteiger partial charge in [0.15, 0.2) is 0 Å². The van der Waals surface area contributed by atoms with Crippen LogP contribution in [-0.4, -0.2) is 27.7 Å². The SMILES string of the molecule is O=C(O)C1CSC2(CCCC23CCC3)N1. The second-order valence-corrected chi connectivity index (χ2v) is 6.48. The van der Waals surface area contributed by atoms with E-state index in [0.29, 0.717) is 5.41 Å². The molecule has 3 aliphatic rings. The van der Waals surface area contributed by atoms with Crippen molar-refractivity contribution in [1.82, 2.24) is 5.32 Å². The van der Waals surface area contributed by atoms with Crippen molar-refractivity contribution < 1.29 is 9.90 Å². The number of nitrogens with one attached hydrogen (secondary N) is 1. The average Bonchev–Trinajstić information content (AvgIpc) is 2.70. The molecule has 0 bridgehead atoms. The Morgan fingerprint density at radius 3 is 2.47 bits per heavy atom. The van der Waals surface area contributed by atoms with Crippen LogP contribution in [0, 0.1) is 5.41 Å². The lowest BCUT2D eigenvalue weighted by Gasteiger charge is -2.50. The Hall–Kier alpha value is -0.220. The number of carbonyl (C=O) groups is 1. The van der Waals surface area contributed by atoms with Crippen LogP contribution in [0.2, 0.25) is 0 Å². The number of carboxylic acids is 1. The van der Waals surface area contributed by atoms with Gasteiger partial charge in [-0.05, 0) is 31.1 Å². The molecule has 0 aromatic carbocycles. The topological polar surface area (TPSA) is 49.3 Å². The van der Waals surface area contributed by atoms with E-state index in [0.717, 1.165) is 5.75 Å². The van der Waals surface area contributed by atoms with Crippen molar-refractivity contribution in [3.8, 4) is 0 Å². The molecule has 4 heteroatoms. The maximum absolute atomic E-state index is 11.0. The van der Waals surface area contributed by atoms with Gasteiger partial charge in [-0.1, -0.05) is 12.8 Å². The molecular weight excluding hydrogens is 210 g/mol. The van der Waals surface area contributed by atoms with Crippen LogP contribution in [0.4, 0.5) is 0 Å². The standard InChI is InChI=1S/C11H17NO2S/c13-9(14)8-7-15-11(12-8)6-2-5-10(11)3-1-4-10/h8,12H,1-7H2,(H,13,14). The van der Waals surface area contributed by atoms with Gasteiger partial charge in [-0.25, -0.2) is 0 Å². The van der Waals surface area contributed by atoms with Crippen LogP contribution in [0.3, 0.4) is 0 Å². The van der Waals surface area contributed by atoms with Gasteiger partial charge < -0.3 is 5.11 Å². The molecule has 1 aliphatic heterocycles. The minimum absolute atomic E-state index is 0.119. The molecule has 2 atom stereocenters. The van der Waals surface area contributed by atoms with Gasteiger partial charge in [-0.2, -0.15) is 0 Å². The summed E-state index contributed by atoms with van der Waals surface area (Å²) in [6.45, 7) is 0. The van der Waals surface area contributed by atoms with Crippen molar-refractivity contribution in [3.05, 3.63) is 0 Å². The molecule has 0 radical (unpaired) electrons. The van der Waals surface area contributed by atoms with Gasteiger partial charge in [0.25, 0.3) is 0 Å². The first kappa shape index (κ1) is 9.97. The van der Waals surface area contributed by atoms with Crippen molar-refractivity contribution in [2.75, 3.05) is 5.75 Å². The van der Waals surface area contributed by atoms with Crippen molar-refractivity contribution in [3.63, 3.8) is 0 Å². The fraction of sp³-hybridized carbons (Fsp3) is 0.909. The van der Waals surface area contributed by atoms with Crippen LogP contribution in [0.15, 0.2) is 0 Å². The van der Waals surface area contributed by atoms with Gasteiger partial charge in [0.2, 0.25) is 0 Å². The second-order valence-electron chi connectivity index (χ2n) is 5.16. The fourth-order valence-electron chi connectivity index (χ4n) is 3.57. The summed E-state index contributed by atoms with van der Waals surface area (Å²) in [5, 5.41) is 12.5. The quantitative estimate of drug-likeness (QED) is 0.717. The van der Waals surface area contributed by atoms with E-state index < -0.39 is 5.97 Å². The summed E-state index contributed by atoms with van der Waals surface area (Å²) >= 11 is 1.88. The molecule has 84 valence electrons. The van der Waals surface area contributed by atoms with Crippen LogP contribution in [0.25, 0.3) is 0 Å². The van der Waals surface area contributed by atoms with Gasteiger partial charge in [0, 0.05) is 5.75 Å². The van der Waals surface area contributed by atoms with Gasteiger partial charge in [0.1, 0.15) is 6.04 Å². The molecule has 0 aromatic heterocycles. The molecular formula is C11H17NO2S. The smallest absolute Gasteiger partial charge is 0.321 e. The predicted octanol–water partition coefficient (Wildman–Crippen LogP) is 1.83. The fourth-order valence-corrected chi connectivity index (χ4v) is 5.38. The minimum Gasteiger partial charge on any atom is -0.480 e. The molecule has 3 rings (SSSR count). The van der Waals surface area contributed by atoms with Gasteiger partial charge >= 0.3 is 5.97 Å². The number of hydrogen-bond acceptors (Lipinski definition) is 3. The number of hydrogen-bond donors (Lipinski definition) is 2. The molecule has 2 spiro atoms. The molecule has 2 aliphatic carbocycles. The van der Waals surface area contributed by atoms with E-state index in [9.17, 15) is 4.79 Å². The lowest BCUT2D eigenvalue weighted by atomic mass is 9.65. The maximum Gasteiger partial charge on any atom is 0.321 e. The third kappa shape index (κ3) is 1.21. The number of aliphatic carboxylic acids is 1. The predicted molar refractivity (Wildman–Crippen MR) is 59.9 cm³/mol. The van der Waals surface area contributed by atoms with Crippen molar-refractivity contribution >= 4 is 17.7 Å². The Morgan fingerprint density at radius 2 is 1.93 bits per heavy atom. The Morgan fingerprint density at radius 1 is 1.27 bits per heavy atom. The molecule has 15 heavy (non-hydrogen) atoms. The van der Waals surface area contributed by atoms with Crippen molar-refractivity contribution in [2.45, 2.75) is 49.4 Å². The highest BCUT2D eigenvalue weighted by atomic mass is 32.2. The first-order valence-corrected chi connectivity index (χ1v) is 6.81. The lowest BCUT2D eigenvalue weighted by molar-refractivity contribution is -0.139. The van der Waals surface area contributed by atoms with Gasteiger partial charge in [-0.15, -0.1) is 11.8 Å². The average molecular weight is 227 g/mol. The summed E-state index contributed by atoms with van der Waals surface area (Å²) in [7, 11) is 0. The highest BCUT2D eigenvalue weighted by Gasteiger charge is 2.61. The zero-order valence-electron chi connectivity index (χ0n) is 8.79. The molecule has 3 nitrogen and oxygen atoms in total. The Balaban J connectivity index is 1.83. The summed E-state index contributed by atoms with van der Waals surface area (Å²) in [5.74, 6) is 0.0672. The first-order valence-electron chi connectivity index (χ1n) is 5.82. The van der Waals surface area contributed by atoms with Crippen LogP contribution in [0.1, 0.15) is 38.5 Å². The monoisotopic (exact) mass is 227 g/mol. The van der Waals surface area contributed by atoms with Crippen LogP contribution in [-0.2, 0) is 4.79 Å². The third-order valence-corrected chi connectivity index (χ3v) is 6.30. The van der Waals surface area contributed by atoms with Crippen LogP contribution in [0.5, 0.6) is 0 Å². The summed E-state index contributed by atoms with van der Waals surface area (Å²) in [4.78, 5) is 11.1. The number of fused-ring (bicyclic) bond motifs is 1. The largest absolute Gasteiger partial charge is 0.480 e. The van der Waals surface area contributed by atoms with E-state index in [1.807, 2.05) is 11.8 Å². The minimum atomic E-state index is -0.680. The van der Waals surface area contributed by atoms with E-state index in [1.165, 1.54) is 38.5 Å². The third-order valence-electron chi connectivity index (χ3n) is 4.55. The molecule has 0 aromatic rings. The van der Waals surface area contributed by atoms with E-state index in [-0.39, 0.29) is 10.9 Å². The number of rotatable bonds is 1. The normalized spacial score (nSPS) is 42.3. The highest BCUT2D eigenvalue weighted by molar-refractivity contribution is 8.01. The zero-order chi connectivity index (χ0) is 10.5. The van der Waals surface area contributed by atoms with Crippen molar-refractivity contribution in [1.29, 1.82) is 0 Å².